The van der Waals surface area contributed by atoms with Crippen LogP contribution in [0.25, 0.3) is 22.2 Å². The summed E-state index contributed by atoms with van der Waals surface area (Å²) in [5.41, 5.74) is 5.13. The Balaban J connectivity index is 1.45. The summed E-state index contributed by atoms with van der Waals surface area (Å²) in [4.78, 5) is 22.0. The molecule has 2 aromatic heterocycles. The average Bonchev–Trinajstić information content (AvgIpc) is 3.13. The molecule has 4 rings (SSSR count). The molecule has 0 radical (unpaired) electrons. The number of hydrogen-bond donors (Lipinski definition) is 0. The van der Waals surface area contributed by atoms with Gasteiger partial charge in [0.15, 0.2) is 5.16 Å². The van der Waals surface area contributed by atoms with Crippen LogP contribution in [-0.4, -0.2) is 33.5 Å². The Kier molecular flexibility index (Phi) is 6.93. The minimum Gasteiger partial charge on any atom is -0.461 e. The lowest BCUT2D eigenvalue weighted by Gasteiger charge is -2.09. The molecule has 170 valence electrons. The van der Waals surface area contributed by atoms with E-state index in [9.17, 15) is 4.79 Å². The lowest BCUT2D eigenvalue weighted by atomic mass is 10.1. The molecule has 2 aromatic carbocycles. The van der Waals surface area contributed by atoms with Crippen molar-refractivity contribution in [2.45, 2.75) is 32.9 Å². The van der Waals surface area contributed by atoms with Gasteiger partial charge >= 0.3 is 5.97 Å². The molecule has 0 aliphatic carbocycles. The normalized spacial score (nSPS) is 11.2. The van der Waals surface area contributed by atoms with Crippen LogP contribution >= 0.6 is 35.0 Å². The monoisotopic (exact) mass is 501 g/mol. The van der Waals surface area contributed by atoms with E-state index in [2.05, 4.69) is 41.1 Å². The predicted octanol–water partition coefficient (Wildman–Crippen LogP) is 6.77. The van der Waals surface area contributed by atoms with E-state index in [0.717, 1.165) is 16.6 Å². The summed E-state index contributed by atoms with van der Waals surface area (Å²) in [7, 11) is 0. The van der Waals surface area contributed by atoms with Crippen molar-refractivity contribution in [1.29, 1.82) is 0 Å². The molecule has 0 bridgehead atoms. The van der Waals surface area contributed by atoms with E-state index < -0.39 is 5.97 Å². The first kappa shape index (κ1) is 23.5. The maximum atomic E-state index is 12.8. The summed E-state index contributed by atoms with van der Waals surface area (Å²) < 4.78 is 10.7. The Morgan fingerprint density at radius 1 is 1.06 bits per heavy atom. The van der Waals surface area contributed by atoms with Gasteiger partial charge in [0, 0.05) is 22.4 Å². The summed E-state index contributed by atoms with van der Waals surface area (Å²) >= 11 is 14.0. The van der Waals surface area contributed by atoms with Gasteiger partial charge in [-0.15, -0.1) is 0 Å². The van der Waals surface area contributed by atoms with Crippen LogP contribution in [0.2, 0.25) is 10.0 Å². The maximum absolute atomic E-state index is 12.8. The molecule has 0 fully saturated rings. The maximum Gasteiger partial charge on any atom is 0.344 e. The molecule has 0 atom stereocenters. The minimum absolute atomic E-state index is 0.164. The first-order valence-corrected chi connectivity index (χ1v) is 12.0. The number of rotatable bonds is 6. The smallest absolute Gasteiger partial charge is 0.344 e. The zero-order valence-electron chi connectivity index (χ0n) is 18.5. The first-order chi connectivity index (χ1) is 15.8. The van der Waals surface area contributed by atoms with E-state index in [1.165, 1.54) is 22.9 Å². The van der Waals surface area contributed by atoms with Crippen LogP contribution in [0.5, 0.6) is 0 Å². The van der Waals surface area contributed by atoms with Crippen molar-refractivity contribution >= 4 is 51.8 Å². The largest absolute Gasteiger partial charge is 0.461 e. The molecule has 0 spiro atoms. The van der Waals surface area contributed by atoms with Gasteiger partial charge in [0.25, 0.3) is 0 Å². The Labute approximate surface area is 205 Å². The van der Waals surface area contributed by atoms with Crippen LogP contribution in [0.15, 0.2) is 40.0 Å². The number of nitrogens with zero attached hydrogens (tertiary/aromatic N) is 3. The van der Waals surface area contributed by atoms with Crippen molar-refractivity contribution in [2.75, 3.05) is 12.4 Å². The molecular weight excluding hydrogens is 481 g/mol. The summed E-state index contributed by atoms with van der Waals surface area (Å²) in [5, 5.41) is 6.41. The number of aromatic nitrogens is 3. The van der Waals surface area contributed by atoms with Gasteiger partial charge in [-0.05, 0) is 63.1 Å². The second-order valence-corrected chi connectivity index (χ2v) is 9.47. The zero-order valence-corrected chi connectivity index (χ0v) is 20.9. The summed E-state index contributed by atoms with van der Waals surface area (Å²) in [6.07, 6.45) is 0. The lowest BCUT2D eigenvalue weighted by molar-refractivity contribution is 0.0529. The number of carbonyl (C=O) groups is 1. The van der Waals surface area contributed by atoms with Gasteiger partial charge in [-0.2, -0.15) is 0 Å². The van der Waals surface area contributed by atoms with E-state index in [1.807, 2.05) is 6.92 Å². The highest BCUT2D eigenvalue weighted by Crippen LogP contribution is 2.37. The van der Waals surface area contributed by atoms with E-state index in [4.69, 9.17) is 32.5 Å². The number of benzene rings is 2. The second-order valence-electron chi connectivity index (χ2n) is 7.59. The van der Waals surface area contributed by atoms with Crippen molar-refractivity contribution in [2.24, 2.45) is 0 Å². The topological polar surface area (TPSA) is 78.1 Å². The van der Waals surface area contributed by atoms with Crippen LogP contribution in [0.4, 0.5) is 0 Å². The Morgan fingerprint density at radius 3 is 2.48 bits per heavy atom. The standard InChI is InChI=1S/C24H21Cl2N3O3S/c1-12-10-16-14(3)27-24(28-19(16)11-13(12)2)33-9-8-31-23(30)20-15(4)32-29-22(20)21-17(25)6-5-7-18(21)26/h5-7,10-11H,8-9H2,1-4H3. The Morgan fingerprint density at radius 2 is 1.76 bits per heavy atom. The second kappa shape index (κ2) is 9.71. The van der Waals surface area contributed by atoms with Crippen LogP contribution in [0.3, 0.4) is 0 Å². The van der Waals surface area contributed by atoms with Crippen molar-refractivity contribution in [3.63, 3.8) is 0 Å². The number of esters is 1. The fourth-order valence-electron chi connectivity index (χ4n) is 3.43. The molecule has 0 amide bonds. The molecule has 0 aliphatic rings. The van der Waals surface area contributed by atoms with E-state index in [-0.39, 0.29) is 17.9 Å². The van der Waals surface area contributed by atoms with Crippen LogP contribution in [-0.2, 0) is 4.74 Å². The van der Waals surface area contributed by atoms with Gasteiger partial charge in [0.1, 0.15) is 23.6 Å². The molecule has 0 aliphatic heterocycles. The molecule has 4 aromatic rings. The molecule has 6 nitrogen and oxygen atoms in total. The molecule has 9 heteroatoms. The molecule has 0 saturated carbocycles. The molecule has 2 heterocycles. The molecule has 0 unspecified atom stereocenters. The molecule has 0 saturated heterocycles. The number of ether oxygens (including phenoxy) is 1. The fraction of sp³-hybridized carbons (Fsp3) is 0.250. The summed E-state index contributed by atoms with van der Waals surface area (Å²) in [5.74, 6) is 0.272. The van der Waals surface area contributed by atoms with Crippen LogP contribution in [0.1, 0.15) is 32.9 Å². The third-order valence-electron chi connectivity index (χ3n) is 5.30. The third-order valence-corrected chi connectivity index (χ3v) is 6.74. The highest BCUT2D eigenvalue weighted by molar-refractivity contribution is 7.99. The summed E-state index contributed by atoms with van der Waals surface area (Å²) in [6, 6.07) is 9.25. The number of aryl methyl sites for hydroxylation is 4. The van der Waals surface area contributed by atoms with Crippen molar-refractivity contribution in [3.05, 3.63) is 68.5 Å². The first-order valence-electron chi connectivity index (χ1n) is 10.2. The number of halogens is 2. The van der Waals surface area contributed by atoms with E-state index in [1.54, 1.807) is 25.1 Å². The molecule has 0 N–H and O–H groups in total. The minimum atomic E-state index is -0.554. The van der Waals surface area contributed by atoms with Crippen molar-refractivity contribution in [1.82, 2.24) is 15.1 Å². The van der Waals surface area contributed by atoms with Gasteiger partial charge in [0.2, 0.25) is 0 Å². The van der Waals surface area contributed by atoms with Gasteiger partial charge in [0.05, 0.1) is 15.6 Å². The van der Waals surface area contributed by atoms with Gasteiger partial charge in [-0.25, -0.2) is 14.8 Å². The quantitative estimate of drug-likeness (QED) is 0.125. The Bertz CT molecular complexity index is 1350. The lowest BCUT2D eigenvalue weighted by Crippen LogP contribution is -2.10. The van der Waals surface area contributed by atoms with Crippen LogP contribution in [0, 0.1) is 27.7 Å². The summed E-state index contributed by atoms with van der Waals surface area (Å²) in [6.45, 7) is 7.92. The SMILES string of the molecule is Cc1cc2nc(SCCOC(=O)c3c(-c4c(Cl)cccc4Cl)noc3C)nc(C)c2cc1C. The van der Waals surface area contributed by atoms with E-state index in [0.29, 0.717) is 32.3 Å². The van der Waals surface area contributed by atoms with Gasteiger partial charge in [-0.1, -0.05) is 46.2 Å². The van der Waals surface area contributed by atoms with Crippen molar-refractivity contribution in [3.8, 4) is 11.3 Å². The predicted molar refractivity (Wildman–Crippen MR) is 131 cm³/mol. The van der Waals surface area contributed by atoms with E-state index >= 15 is 0 Å². The molecule has 33 heavy (non-hydrogen) atoms. The number of hydrogen-bond acceptors (Lipinski definition) is 7. The van der Waals surface area contributed by atoms with Crippen LogP contribution < -0.4 is 0 Å². The number of fused-ring (bicyclic) bond motifs is 1. The van der Waals surface area contributed by atoms with Gasteiger partial charge < -0.3 is 9.26 Å². The number of thioether (sulfide) groups is 1. The number of carbonyl (C=O) groups excluding carboxylic acids is 1. The molecular formula is C24H21Cl2N3O3S. The average molecular weight is 502 g/mol. The fourth-order valence-corrected chi connectivity index (χ4v) is 4.72. The zero-order chi connectivity index (χ0) is 23.7. The van der Waals surface area contributed by atoms with Crippen molar-refractivity contribution < 1.29 is 14.1 Å². The third kappa shape index (κ3) is 4.86. The Hall–Kier alpha value is -2.61. The highest BCUT2D eigenvalue weighted by atomic mass is 35.5. The highest BCUT2D eigenvalue weighted by Gasteiger charge is 2.26. The van der Waals surface area contributed by atoms with Gasteiger partial charge in [-0.3, -0.25) is 0 Å².